The Hall–Kier alpha value is -1.33. The summed E-state index contributed by atoms with van der Waals surface area (Å²) in [5.41, 5.74) is -0.949. The predicted molar refractivity (Wildman–Crippen MR) is 71.3 cm³/mol. The minimum atomic E-state index is -4.43. The Morgan fingerprint density at radius 2 is 1.85 bits per heavy atom. The summed E-state index contributed by atoms with van der Waals surface area (Å²) >= 11 is 0. The number of aromatic nitrogens is 2. The van der Waals surface area contributed by atoms with E-state index in [-0.39, 0.29) is 0 Å². The van der Waals surface area contributed by atoms with E-state index < -0.39 is 11.9 Å². The van der Waals surface area contributed by atoms with E-state index in [0.717, 1.165) is 24.8 Å². The van der Waals surface area contributed by atoms with Crippen molar-refractivity contribution < 1.29 is 13.2 Å². The summed E-state index contributed by atoms with van der Waals surface area (Å²) in [7, 11) is 0. The van der Waals surface area contributed by atoms with Crippen LogP contribution >= 0.6 is 0 Å². The molecule has 1 heterocycles. The maximum Gasteiger partial charge on any atom is 0.435 e. The molecule has 112 valence electrons. The number of alkyl halides is 3. The second-order valence-corrected chi connectivity index (χ2v) is 5.45. The first-order valence-corrected chi connectivity index (χ1v) is 7.16. The molecule has 1 aliphatic carbocycles. The number of anilines is 1. The molecule has 0 radical (unpaired) electrons. The van der Waals surface area contributed by atoms with Gasteiger partial charge in [0, 0.05) is 6.04 Å². The van der Waals surface area contributed by atoms with Crippen LogP contribution in [-0.4, -0.2) is 16.2 Å². The molecule has 1 aromatic heterocycles. The molecule has 2 rings (SSSR count). The first-order valence-electron chi connectivity index (χ1n) is 7.16. The summed E-state index contributed by atoms with van der Waals surface area (Å²) < 4.78 is 37.1. The highest BCUT2D eigenvalue weighted by Crippen LogP contribution is 2.30. The highest BCUT2D eigenvalue weighted by Gasteiger charge is 2.33. The highest BCUT2D eigenvalue weighted by molar-refractivity contribution is 5.34. The molecule has 1 N–H and O–H groups in total. The van der Waals surface area contributed by atoms with Gasteiger partial charge in [0.05, 0.1) is 0 Å². The largest absolute Gasteiger partial charge is 0.435 e. The Labute approximate surface area is 117 Å². The fourth-order valence-electron chi connectivity index (χ4n) is 2.77. The van der Waals surface area contributed by atoms with Crippen molar-refractivity contribution in [1.29, 1.82) is 0 Å². The van der Waals surface area contributed by atoms with Crippen molar-refractivity contribution >= 4 is 5.82 Å². The van der Waals surface area contributed by atoms with E-state index in [1.54, 1.807) is 0 Å². The van der Waals surface area contributed by atoms with Crippen LogP contribution in [0.4, 0.5) is 19.0 Å². The third kappa shape index (κ3) is 4.08. The molecule has 6 heteroatoms. The smallest absolute Gasteiger partial charge is 0.366 e. The summed E-state index contributed by atoms with van der Waals surface area (Å²) in [6, 6.07) is 2.63. The Kier molecular flexibility index (Phi) is 4.83. The van der Waals surface area contributed by atoms with E-state index in [9.17, 15) is 13.2 Å². The lowest BCUT2D eigenvalue weighted by Crippen LogP contribution is -2.26. The van der Waals surface area contributed by atoms with Gasteiger partial charge >= 0.3 is 6.18 Å². The number of hydrogen-bond donors (Lipinski definition) is 1. The third-order valence-electron chi connectivity index (χ3n) is 3.85. The lowest BCUT2D eigenvalue weighted by atomic mass is 9.83. The lowest BCUT2D eigenvalue weighted by molar-refractivity contribution is -0.141. The maximum atomic E-state index is 12.4. The number of hydrogen-bond acceptors (Lipinski definition) is 3. The molecule has 1 aromatic rings. The van der Waals surface area contributed by atoms with Gasteiger partial charge in [-0.2, -0.15) is 13.2 Å². The number of rotatable bonds is 4. The summed E-state index contributed by atoms with van der Waals surface area (Å²) in [5, 5.41) is 10.0. The predicted octanol–water partition coefficient (Wildman–Crippen LogP) is 4.27. The summed E-state index contributed by atoms with van der Waals surface area (Å²) in [4.78, 5) is 0. The van der Waals surface area contributed by atoms with Crippen molar-refractivity contribution in [1.82, 2.24) is 10.2 Å². The zero-order chi connectivity index (χ0) is 14.6. The maximum absolute atomic E-state index is 12.4. The summed E-state index contributed by atoms with van der Waals surface area (Å²) in [5.74, 6) is 1.23. The molecule has 1 aliphatic rings. The minimum Gasteiger partial charge on any atom is -0.366 e. The third-order valence-corrected chi connectivity index (χ3v) is 3.85. The standard InChI is InChI=1S/C14H20F3N3/c1-2-3-10-4-6-11(7-5-10)18-13-9-8-12(19-20-13)14(15,16)17/h8-11H,2-7H2,1H3,(H,18,20). The molecule has 0 spiro atoms. The molecular formula is C14H20F3N3. The van der Waals surface area contributed by atoms with Crippen molar-refractivity contribution in [3.63, 3.8) is 0 Å². The molecule has 0 aliphatic heterocycles. The molecule has 0 saturated heterocycles. The first kappa shape index (κ1) is 15.1. The number of nitrogens with zero attached hydrogens (tertiary/aromatic N) is 2. The van der Waals surface area contributed by atoms with Gasteiger partial charge in [0.2, 0.25) is 0 Å². The van der Waals surface area contributed by atoms with Gasteiger partial charge in [0.25, 0.3) is 0 Å². The molecule has 3 nitrogen and oxygen atoms in total. The average molecular weight is 287 g/mol. The Balaban J connectivity index is 1.85. The number of halogens is 3. The van der Waals surface area contributed by atoms with Crippen LogP contribution < -0.4 is 5.32 Å². The van der Waals surface area contributed by atoms with Crippen LogP contribution in [0.3, 0.4) is 0 Å². The van der Waals surface area contributed by atoms with Gasteiger partial charge in [-0.15, -0.1) is 10.2 Å². The molecule has 0 atom stereocenters. The average Bonchev–Trinajstić information content (AvgIpc) is 2.41. The van der Waals surface area contributed by atoms with Crippen LogP contribution in [0.2, 0.25) is 0 Å². The molecule has 0 aromatic carbocycles. The van der Waals surface area contributed by atoms with Crippen LogP contribution in [0.25, 0.3) is 0 Å². The van der Waals surface area contributed by atoms with E-state index >= 15 is 0 Å². The van der Waals surface area contributed by atoms with Gasteiger partial charge < -0.3 is 5.32 Å². The SMILES string of the molecule is CCCC1CCC(Nc2ccc(C(F)(F)F)nn2)CC1. The van der Waals surface area contributed by atoms with Gasteiger partial charge in [-0.25, -0.2) is 0 Å². The second kappa shape index (κ2) is 6.41. The van der Waals surface area contributed by atoms with Crippen LogP contribution in [0, 0.1) is 5.92 Å². The van der Waals surface area contributed by atoms with Crippen LogP contribution in [-0.2, 0) is 6.18 Å². The second-order valence-electron chi connectivity index (χ2n) is 5.45. The Morgan fingerprint density at radius 3 is 2.35 bits per heavy atom. The first-order chi connectivity index (χ1) is 9.49. The van der Waals surface area contributed by atoms with Gasteiger partial charge in [-0.05, 0) is 43.7 Å². The van der Waals surface area contributed by atoms with Crippen molar-refractivity contribution in [2.24, 2.45) is 5.92 Å². The van der Waals surface area contributed by atoms with E-state index in [1.165, 1.54) is 31.7 Å². The van der Waals surface area contributed by atoms with Crippen LogP contribution in [0.1, 0.15) is 51.1 Å². The van der Waals surface area contributed by atoms with E-state index in [2.05, 4.69) is 22.4 Å². The van der Waals surface area contributed by atoms with Gasteiger partial charge in [0.15, 0.2) is 5.69 Å². The minimum absolute atomic E-state index is 0.300. The topological polar surface area (TPSA) is 37.8 Å². The molecule has 20 heavy (non-hydrogen) atoms. The van der Waals surface area contributed by atoms with Gasteiger partial charge in [-0.3, -0.25) is 0 Å². The number of nitrogens with one attached hydrogen (secondary N) is 1. The molecule has 1 saturated carbocycles. The quantitative estimate of drug-likeness (QED) is 0.898. The van der Waals surface area contributed by atoms with Crippen molar-refractivity contribution in [3.8, 4) is 0 Å². The molecule has 0 bridgehead atoms. The zero-order valence-corrected chi connectivity index (χ0v) is 11.6. The normalized spacial score (nSPS) is 23.6. The van der Waals surface area contributed by atoms with Gasteiger partial charge in [0.1, 0.15) is 5.82 Å². The van der Waals surface area contributed by atoms with E-state index in [4.69, 9.17) is 0 Å². The molecule has 0 amide bonds. The van der Waals surface area contributed by atoms with Gasteiger partial charge in [-0.1, -0.05) is 19.8 Å². The van der Waals surface area contributed by atoms with Crippen molar-refractivity contribution in [2.45, 2.75) is 57.7 Å². The van der Waals surface area contributed by atoms with Crippen LogP contribution in [0.15, 0.2) is 12.1 Å². The molecule has 1 fully saturated rings. The fourth-order valence-corrected chi connectivity index (χ4v) is 2.77. The monoisotopic (exact) mass is 287 g/mol. The lowest BCUT2D eigenvalue weighted by Gasteiger charge is -2.29. The van der Waals surface area contributed by atoms with E-state index in [1.807, 2.05) is 0 Å². The summed E-state index contributed by atoms with van der Waals surface area (Å²) in [6.45, 7) is 2.20. The molecule has 0 unspecified atom stereocenters. The molecular weight excluding hydrogens is 267 g/mol. The van der Waals surface area contributed by atoms with Crippen molar-refractivity contribution in [2.75, 3.05) is 5.32 Å². The summed E-state index contributed by atoms with van der Waals surface area (Å²) in [6.07, 6.45) is 2.52. The van der Waals surface area contributed by atoms with Crippen molar-refractivity contribution in [3.05, 3.63) is 17.8 Å². The Morgan fingerprint density at radius 1 is 1.15 bits per heavy atom. The van der Waals surface area contributed by atoms with Crippen LogP contribution in [0.5, 0.6) is 0 Å². The zero-order valence-electron chi connectivity index (χ0n) is 11.6. The van der Waals surface area contributed by atoms with E-state index in [0.29, 0.717) is 11.9 Å². The fraction of sp³-hybridized carbons (Fsp3) is 0.714. The highest BCUT2D eigenvalue weighted by atomic mass is 19.4. The Bertz CT molecular complexity index is 409.